The highest BCUT2D eigenvalue weighted by Gasteiger charge is 2.21. The third-order valence-electron chi connectivity index (χ3n) is 11.0. The number of fused-ring (bicyclic) bond motifs is 10. The normalized spacial score (nSPS) is 12.0. The van der Waals surface area contributed by atoms with Crippen LogP contribution in [0.5, 0.6) is 0 Å². The molecule has 4 heterocycles. The predicted octanol–water partition coefficient (Wildman–Crippen LogP) is 13.5. The summed E-state index contributed by atoms with van der Waals surface area (Å²) in [7, 11) is 0. The summed E-state index contributed by atoms with van der Waals surface area (Å²) in [4.78, 5) is 10.1. The first-order chi connectivity index (χ1) is 27.3. The molecule has 0 N–H and O–H groups in total. The van der Waals surface area contributed by atoms with Crippen molar-refractivity contribution in [2.45, 2.75) is 0 Å². The Morgan fingerprint density at radius 2 is 1.07 bits per heavy atom. The van der Waals surface area contributed by atoms with Crippen LogP contribution in [-0.4, -0.2) is 14.5 Å². The standard InChI is InChI=1S/C50H29N3O2/c1-3-13-30(14-4-1)45-35-18-8-7-17-32(35)27-41-46(45)38-19-9-11-21-40(38)53(41)34-24-26-37-36-25-23-33(28-43(36)54-44(37)29-34)49-51-48(31-15-5-2-6-16-31)47-39-20-10-12-22-42(39)55-50(47)52-49/h1-29H. The van der Waals surface area contributed by atoms with Gasteiger partial charge in [0.25, 0.3) is 0 Å². The van der Waals surface area contributed by atoms with E-state index in [2.05, 4.69) is 138 Å². The highest BCUT2D eigenvalue weighted by atomic mass is 16.3. The van der Waals surface area contributed by atoms with Crippen LogP contribution >= 0.6 is 0 Å². The lowest BCUT2D eigenvalue weighted by atomic mass is 9.93. The van der Waals surface area contributed by atoms with Crippen LogP contribution in [-0.2, 0) is 0 Å². The molecule has 0 aliphatic rings. The van der Waals surface area contributed by atoms with Crippen LogP contribution in [0, 0.1) is 0 Å². The molecule has 0 aliphatic heterocycles. The van der Waals surface area contributed by atoms with Crippen molar-refractivity contribution in [3.05, 3.63) is 176 Å². The quantitative estimate of drug-likeness (QED) is 0.183. The van der Waals surface area contributed by atoms with Gasteiger partial charge in [-0.1, -0.05) is 127 Å². The van der Waals surface area contributed by atoms with Crippen molar-refractivity contribution in [1.82, 2.24) is 14.5 Å². The van der Waals surface area contributed by atoms with E-state index in [0.717, 1.165) is 71.8 Å². The van der Waals surface area contributed by atoms with Crippen molar-refractivity contribution < 1.29 is 8.83 Å². The van der Waals surface area contributed by atoms with Crippen molar-refractivity contribution >= 4 is 76.6 Å². The zero-order valence-electron chi connectivity index (χ0n) is 29.4. The summed E-state index contributed by atoms with van der Waals surface area (Å²) >= 11 is 0. The first-order valence-corrected chi connectivity index (χ1v) is 18.5. The number of para-hydroxylation sites is 2. The molecule has 0 amide bonds. The number of hydrogen-bond acceptors (Lipinski definition) is 4. The minimum Gasteiger partial charge on any atom is -0.456 e. The van der Waals surface area contributed by atoms with E-state index in [0.29, 0.717) is 11.5 Å². The van der Waals surface area contributed by atoms with Crippen LogP contribution in [0.3, 0.4) is 0 Å². The lowest BCUT2D eigenvalue weighted by Gasteiger charge is -2.12. The Kier molecular flexibility index (Phi) is 6.27. The van der Waals surface area contributed by atoms with Crippen molar-refractivity contribution in [2.24, 2.45) is 0 Å². The monoisotopic (exact) mass is 703 g/mol. The summed E-state index contributed by atoms with van der Waals surface area (Å²) in [5, 5.41) is 8.91. The zero-order valence-corrected chi connectivity index (χ0v) is 29.4. The number of nitrogens with zero attached hydrogens (tertiary/aromatic N) is 3. The van der Waals surface area contributed by atoms with E-state index < -0.39 is 0 Å². The number of aromatic nitrogens is 3. The fraction of sp³-hybridized carbons (Fsp3) is 0. The second-order valence-electron chi connectivity index (χ2n) is 14.1. The van der Waals surface area contributed by atoms with Crippen molar-refractivity contribution in [3.8, 4) is 39.5 Å². The maximum atomic E-state index is 6.70. The smallest absolute Gasteiger partial charge is 0.231 e. The fourth-order valence-electron chi connectivity index (χ4n) is 8.58. The Morgan fingerprint density at radius 3 is 1.91 bits per heavy atom. The summed E-state index contributed by atoms with van der Waals surface area (Å²) < 4.78 is 15.4. The van der Waals surface area contributed by atoms with Gasteiger partial charge in [-0.25, -0.2) is 4.98 Å². The summed E-state index contributed by atoms with van der Waals surface area (Å²) in [6, 6.07) is 61.5. The van der Waals surface area contributed by atoms with Gasteiger partial charge in [-0.2, -0.15) is 4.98 Å². The first-order valence-electron chi connectivity index (χ1n) is 18.5. The number of hydrogen-bond donors (Lipinski definition) is 0. The van der Waals surface area contributed by atoms with E-state index in [1.807, 2.05) is 42.5 Å². The molecule has 0 bridgehead atoms. The largest absolute Gasteiger partial charge is 0.456 e. The molecular formula is C50H29N3O2. The fourth-order valence-corrected chi connectivity index (χ4v) is 8.58. The molecule has 5 heteroatoms. The van der Waals surface area contributed by atoms with Gasteiger partial charge in [0.2, 0.25) is 5.71 Å². The molecule has 0 saturated heterocycles. The molecule has 0 aliphatic carbocycles. The predicted molar refractivity (Wildman–Crippen MR) is 225 cm³/mol. The van der Waals surface area contributed by atoms with Gasteiger partial charge in [-0.15, -0.1) is 0 Å². The van der Waals surface area contributed by atoms with Gasteiger partial charge in [0.15, 0.2) is 5.82 Å². The Bertz CT molecular complexity index is 3480. The third-order valence-corrected chi connectivity index (χ3v) is 11.0. The molecule has 12 rings (SSSR count). The van der Waals surface area contributed by atoms with Gasteiger partial charge in [0.1, 0.15) is 16.7 Å². The SMILES string of the molecule is c1ccc(-c2nc(-c3ccc4c(c3)oc3cc(-n5c6ccccc6c6c(-c7ccccc7)c7ccccc7cc65)ccc34)nc3oc4ccccc4c23)cc1. The zero-order chi connectivity index (χ0) is 36.0. The maximum absolute atomic E-state index is 6.70. The lowest BCUT2D eigenvalue weighted by Crippen LogP contribution is -1.94. The average Bonchev–Trinajstić information content (AvgIpc) is 3.91. The Morgan fingerprint density at radius 1 is 0.400 bits per heavy atom. The molecule has 0 radical (unpaired) electrons. The van der Waals surface area contributed by atoms with Gasteiger partial charge in [-0.3, -0.25) is 0 Å². The van der Waals surface area contributed by atoms with Crippen molar-refractivity contribution in [2.75, 3.05) is 0 Å². The second-order valence-corrected chi connectivity index (χ2v) is 14.1. The van der Waals surface area contributed by atoms with Crippen LogP contribution in [0.4, 0.5) is 0 Å². The molecule has 0 fully saturated rings. The molecule has 0 saturated carbocycles. The highest BCUT2D eigenvalue weighted by molar-refractivity contribution is 6.23. The Hall–Kier alpha value is -7.50. The van der Waals surface area contributed by atoms with Crippen LogP contribution in [0.1, 0.15) is 0 Å². The van der Waals surface area contributed by atoms with Crippen LogP contribution < -0.4 is 0 Å². The van der Waals surface area contributed by atoms with E-state index in [9.17, 15) is 0 Å². The van der Waals surface area contributed by atoms with E-state index in [1.165, 1.54) is 32.7 Å². The number of benzene rings is 8. The maximum Gasteiger partial charge on any atom is 0.231 e. The molecule has 0 unspecified atom stereocenters. The number of rotatable bonds is 4. The topological polar surface area (TPSA) is 57.0 Å². The van der Waals surface area contributed by atoms with Crippen molar-refractivity contribution in [3.63, 3.8) is 0 Å². The van der Waals surface area contributed by atoms with Gasteiger partial charge in [0, 0.05) is 49.8 Å². The van der Waals surface area contributed by atoms with Gasteiger partial charge < -0.3 is 13.4 Å². The van der Waals surface area contributed by atoms with Crippen molar-refractivity contribution in [1.29, 1.82) is 0 Å². The first kappa shape index (κ1) is 30.0. The van der Waals surface area contributed by atoms with Gasteiger partial charge in [-0.05, 0) is 64.4 Å². The summed E-state index contributed by atoms with van der Waals surface area (Å²) in [6.45, 7) is 0. The molecule has 0 spiro atoms. The average molecular weight is 704 g/mol. The molecule has 0 atom stereocenters. The van der Waals surface area contributed by atoms with E-state index >= 15 is 0 Å². The minimum absolute atomic E-state index is 0.564. The number of furan rings is 2. The Balaban J connectivity index is 1.05. The van der Waals surface area contributed by atoms with Gasteiger partial charge >= 0.3 is 0 Å². The highest BCUT2D eigenvalue weighted by Crippen LogP contribution is 2.44. The molecular weight excluding hydrogens is 675 g/mol. The molecule has 4 aromatic heterocycles. The van der Waals surface area contributed by atoms with E-state index in [4.69, 9.17) is 18.8 Å². The molecule has 256 valence electrons. The molecule has 12 aromatic rings. The van der Waals surface area contributed by atoms with Crippen LogP contribution in [0.25, 0.3) is 116 Å². The summed E-state index contributed by atoms with van der Waals surface area (Å²) in [5.41, 5.74) is 11.5. The third kappa shape index (κ3) is 4.47. The summed E-state index contributed by atoms with van der Waals surface area (Å²) in [6.07, 6.45) is 0. The van der Waals surface area contributed by atoms with Gasteiger partial charge in [0.05, 0.1) is 22.1 Å². The summed E-state index contributed by atoms with van der Waals surface area (Å²) in [5.74, 6) is 0.584. The van der Waals surface area contributed by atoms with E-state index in [1.54, 1.807) is 0 Å². The Labute approximate surface area is 314 Å². The van der Waals surface area contributed by atoms with Crippen LogP contribution in [0.2, 0.25) is 0 Å². The molecule has 8 aromatic carbocycles. The van der Waals surface area contributed by atoms with Crippen LogP contribution in [0.15, 0.2) is 185 Å². The van der Waals surface area contributed by atoms with E-state index in [-0.39, 0.29) is 0 Å². The second kappa shape index (κ2) is 11.5. The minimum atomic E-state index is 0.564. The molecule has 55 heavy (non-hydrogen) atoms. The molecule has 5 nitrogen and oxygen atoms in total. The lowest BCUT2D eigenvalue weighted by molar-refractivity contribution is 0.653.